The first-order valence-electron chi connectivity index (χ1n) is 8.29. The molecule has 1 aromatic heterocycles. The maximum atomic E-state index is 4.31. The van der Waals surface area contributed by atoms with Gasteiger partial charge in [0, 0.05) is 50.2 Å². The fourth-order valence-corrected chi connectivity index (χ4v) is 3.23. The molecule has 4 nitrogen and oxygen atoms in total. The molecule has 1 aromatic carbocycles. The Bertz CT molecular complexity index is 605. The lowest BCUT2D eigenvalue weighted by Gasteiger charge is -2.21. The molecular formula is C18H26N4. The third kappa shape index (κ3) is 3.50. The summed E-state index contributed by atoms with van der Waals surface area (Å²) in [6, 6.07) is 8.69. The molecule has 1 aliphatic heterocycles. The van der Waals surface area contributed by atoms with Gasteiger partial charge in [-0.05, 0) is 37.8 Å². The molecule has 1 unspecified atom stereocenters. The number of hydrogen-bond donors (Lipinski definition) is 1. The zero-order valence-corrected chi connectivity index (χ0v) is 13.6. The molecule has 4 heteroatoms. The molecule has 0 saturated carbocycles. The summed E-state index contributed by atoms with van der Waals surface area (Å²) in [5, 5.41) is 7.90. The van der Waals surface area contributed by atoms with E-state index in [2.05, 4.69) is 59.6 Å². The lowest BCUT2D eigenvalue weighted by molar-refractivity contribution is 0.516. The highest BCUT2D eigenvalue weighted by Gasteiger charge is 2.23. The summed E-state index contributed by atoms with van der Waals surface area (Å²) >= 11 is 0. The van der Waals surface area contributed by atoms with Crippen molar-refractivity contribution in [3.05, 3.63) is 47.8 Å². The molecule has 1 saturated heterocycles. The normalized spacial score (nSPS) is 18.1. The lowest BCUT2D eigenvalue weighted by atomic mass is 10.1. The van der Waals surface area contributed by atoms with Crippen LogP contribution in [-0.4, -0.2) is 29.4 Å². The van der Waals surface area contributed by atoms with Crippen LogP contribution in [-0.2, 0) is 13.1 Å². The van der Waals surface area contributed by atoms with Gasteiger partial charge in [-0.1, -0.05) is 18.2 Å². The van der Waals surface area contributed by atoms with Gasteiger partial charge in [0.05, 0.1) is 6.20 Å². The zero-order valence-electron chi connectivity index (χ0n) is 13.6. The van der Waals surface area contributed by atoms with Gasteiger partial charge in [0.25, 0.3) is 0 Å². The van der Waals surface area contributed by atoms with Crippen LogP contribution in [0.15, 0.2) is 36.7 Å². The van der Waals surface area contributed by atoms with E-state index >= 15 is 0 Å². The lowest BCUT2D eigenvalue weighted by Crippen LogP contribution is -2.26. The highest BCUT2D eigenvalue weighted by Crippen LogP contribution is 2.26. The van der Waals surface area contributed by atoms with Crippen LogP contribution in [0.4, 0.5) is 5.69 Å². The van der Waals surface area contributed by atoms with E-state index in [0.717, 1.165) is 32.1 Å². The van der Waals surface area contributed by atoms with E-state index in [-0.39, 0.29) is 0 Å². The fraction of sp³-hybridized carbons (Fsp3) is 0.500. The summed E-state index contributed by atoms with van der Waals surface area (Å²) in [6.45, 7) is 9.58. The number of aromatic nitrogens is 2. The van der Waals surface area contributed by atoms with Gasteiger partial charge in [-0.3, -0.25) is 4.68 Å². The van der Waals surface area contributed by atoms with E-state index in [1.165, 1.54) is 29.8 Å². The number of hydrogen-bond acceptors (Lipinski definition) is 3. The quantitative estimate of drug-likeness (QED) is 0.890. The number of para-hydroxylation sites is 1. The topological polar surface area (TPSA) is 33.1 Å². The van der Waals surface area contributed by atoms with Gasteiger partial charge in [0.2, 0.25) is 0 Å². The number of nitrogens with one attached hydrogen (secondary N) is 1. The Morgan fingerprint density at radius 3 is 2.95 bits per heavy atom. The van der Waals surface area contributed by atoms with E-state index in [0.29, 0.717) is 0 Å². The Kier molecular flexibility index (Phi) is 4.78. The molecule has 2 aromatic rings. The van der Waals surface area contributed by atoms with Crippen LogP contribution < -0.4 is 10.2 Å². The van der Waals surface area contributed by atoms with Crippen LogP contribution >= 0.6 is 0 Å². The molecular weight excluding hydrogens is 272 g/mol. The number of rotatable bonds is 6. The number of nitrogens with zero attached hydrogens (tertiary/aromatic N) is 3. The highest BCUT2D eigenvalue weighted by molar-refractivity contribution is 5.53. The minimum atomic E-state index is 0.737. The first-order valence-corrected chi connectivity index (χ1v) is 8.29. The van der Waals surface area contributed by atoms with Crippen molar-refractivity contribution in [3.8, 4) is 0 Å². The predicted molar refractivity (Wildman–Crippen MR) is 91.1 cm³/mol. The third-order valence-corrected chi connectivity index (χ3v) is 4.51. The van der Waals surface area contributed by atoms with Crippen LogP contribution in [0, 0.1) is 12.8 Å². The molecule has 118 valence electrons. The second-order valence-electron chi connectivity index (χ2n) is 6.22. The monoisotopic (exact) mass is 298 g/mol. The van der Waals surface area contributed by atoms with Crippen molar-refractivity contribution in [2.45, 2.75) is 33.4 Å². The first kappa shape index (κ1) is 15.1. The zero-order chi connectivity index (χ0) is 15.4. The van der Waals surface area contributed by atoms with Crippen molar-refractivity contribution in [2.75, 3.05) is 24.5 Å². The van der Waals surface area contributed by atoms with Gasteiger partial charge in [0.1, 0.15) is 0 Å². The average molecular weight is 298 g/mol. The highest BCUT2D eigenvalue weighted by atomic mass is 15.3. The van der Waals surface area contributed by atoms with Crippen LogP contribution in [0.3, 0.4) is 0 Å². The van der Waals surface area contributed by atoms with Crippen molar-refractivity contribution in [3.63, 3.8) is 0 Å². The van der Waals surface area contributed by atoms with Crippen LogP contribution in [0.5, 0.6) is 0 Å². The van der Waals surface area contributed by atoms with Crippen molar-refractivity contribution in [1.29, 1.82) is 0 Å². The summed E-state index contributed by atoms with van der Waals surface area (Å²) < 4.78 is 1.98. The van der Waals surface area contributed by atoms with Gasteiger partial charge in [-0.15, -0.1) is 0 Å². The molecule has 0 amide bonds. The van der Waals surface area contributed by atoms with Gasteiger partial charge in [0.15, 0.2) is 0 Å². The maximum absolute atomic E-state index is 4.31. The van der Waals surface area contributed by atoms with Crippen LogP contribution in [0.1, 0.15) is 24.5 Å². The summed E-state index contributed by atoms with van der Waals surface area (Å²) in [5.74, 6) is 0.737. The van der Waals surface area contributed by atoms with E-state index in [1.807, 2.05) is 10.9 Å². The van der Waals surface area contributed by atoms with Crippen LogP contribution in [0.25, 0.3) is 0 Å². The molecule has 1 fully saturated rings. The summed E-state index contributed by atoms with van der Waals surface area (Å²) in [5.41, 5.74) is 4.05. The predicted octanol–water partition coefficient (Wildman–Crippen LogP) is 2.83. The Labute approximate surface area is 133 Å². The molecule has 1 atom stereocenters. The first-order chi connectivity index (χ1) is 10.8. The van der Waals surface area contributed by atoms with Gasteiger partial charge in [-0.25, -0.2) is 0 Å². The average Bonchev–Trinajstić information content (AvgIpc) is 3.17. The Hall–Kier alpha value is -1.81. The second-order valence-corrected chi connectivity index (χ2v) is 6.22. The maximum Gasteiger partial charge on any atom is 0.0534 e. The molecule has 22 heavy (non-hydrogen) atoms. The molecule has 1 aliphatic rings. The molecule has 3 rings (SSSR count). The summed E-state index contributed by atoms with van der Waals surface area (Å²) in [7, 11) is 0. The van der Waals surface area contributed by atoms with Crippen molar-refractivity contribution in [2.24, 2.45) is 5.92 Å². The number of anilines is 1. The van der Waals surface area contributed by atoms with Crippen molar-refractivity contribution >= 4 is 5.69 Å². The van der Waals surface area contributed by atoms with Gasteiger partial charge >= 0.3 is 0 Å². The minimum absolute atomic E-state index is 0.737. The number of aryl methyl sites for hydroxylation is 2. The smallest absolute Gasteiger partial charge is 0.0534 e. The SMILES string of the molecule is CCn1cc(CNCC2CCN(c3ccccc3C)C2)cn1. The van der Waals surface area contributed by atoms with Crippen molar-refractivity contribution < 1.29 is 0 Å². The standard InChI is InChI=1S/C18H26N4/c1-3-22-14-17(12-20-22)11-19-10-16-8-9-21(13-16)18-7-5-4-6-15(18)2/h4-7,12,14,16,19H,3,8-11,13H2,1-2H3. The van der Waals surface area contributed by atoms with E-state index < -0.39 is 0 Å². The van der Waals surface area contributed by atoms with Crippen LogP contribution in [0.2, 0.25) is 0 Å². The largest absolute Gasteiger partial charge is 0.371 e. The van der Waals surface area contributed by atoms with E-state index in [4.69, 9.17) is 0 Å². The third-order valence-electron chi connectivity index (χ3n) is 4.51. The Morgan fingerprint density at radius 1 is 1.32 bits per heavy atom. The van der Waals surface area contributed by atoms with Crippen molar-refractivity contribution in [1.82, 2.24) is 15.1 Å². The Morgan fingerprint density at radius 2 is 2.18 bits per heavy atom. The van der Waals surface area contributed by atoms with Gasteiger partial charge in [-0.2, -0.15) is 5.10 Å². The van der Waals surface area contributed by atoms with E-state index in [1.54, 1.807) is 0 Å². The summed E-state index contributed by atoms with van der Waals surface area (Å²) in [6.07, 6.45) is 5.36. The fourth-order valence-electron chi connectivity index (χ4n) is 3.23. The second kappa shape index (κ2) is 6.97. The molecule has 0 radical (unpaired) electrons. The summed E-state index contributed by atoms with van der Waals surface area (Å²) in [4.78, 5) is 2.52. The molecule has 2 heterocycles. The molecule has 1 N–H and O–H groups in total. The number of benzene rings is 1. The Balaban J connectivity index is 1.46. The molecule has 0 spiro atoms. The molecule has 0 bridgehead atoms. The van der Waals surface area contributed by atoms with E-state index in [9.17, 15) is 0 Å². The molecule has 0 aliphatic carbocycles. The minimum Gasteiger partial charge on any atom is -0.371 e. The van der Waals surface area contributed by atoms with Gasteiger partial charge < -0.3 is 10.2 Å².